The van der Waals surface area contributed by atoms with E-state index >= 15 is 0 Å². The lowest BCUT2D eigenvalue weighted by molar-refractivity contribution is -0.0469. The van der Waals surface area contributed by atoms with E-state index in [0.717, 1.165) is 18.9 Å². The first-order valence-electron chi connectivity index (χ1n) is 7.57. The number of nitrogens with zero attached hydrogens (tertiary/aromatic N) is 1. The van der Waals surface area contributed by atoms with Gasteiger partial charge in [-0.15, -0.1) is 0 Å². The highest BCUT2D eigenvalue weighted by molar-refractivity contribution is 5.99. The van der Waals surface area contributed by atoms with Crippen molar-refractivity contribution in [2.45, 2.75) is 25.2 Å². The summed E-state index contributed by atoms with van der Waals surface area (Å²) < 4.78 is 52.3. The van der Waals surface area contributed by atoms with Crippen LogP contribution in [-0.4, -0.2) is 42.0 Å². The van der Waals surface area contributed by atoms with Crippen molar-refractivity contribution in [3.8, 4) is 0 Å². The summed E-state index contributed by atoms with van der Waals surface area (Å²) in [4.78, 5) is 0. The van der Waals surface area contributed by atoms with Gasteiger partial charge in [-0.2, -0.15) is 0 Å². The van der Waals surface area contributed by atoms with Crippen molar-refractivity contribution in [1.82, 2.24) is 5.32 Å². The van der Waals surface area contributed by atoms with Crippen LogP contribution < -0.4 is 5.32 Å². The smallest absolute Gasteiger partial charge is 0.195 e. The van der Waals surface area contributed by atoms with Crippen molar-refractivity contribution >= 4 is 5.84 Å². The quantitative estimate of drug-likeness (QED) is 0.248. The van der Waals surface area contributed by atoms with E-state index in [2.05, 4.69) is 10.5 Å². The predicted octanol–water partition coefficient (Wildman–Crippen LogP) is 1.65. The maximum atomic E-state index is 14.1. The molecule has 1 atom stereocenters. The van der Waals surface area contributed by atoms with Crippen LogP contribution in [0.2, 0.25) is 0 Å². The third kappa shape index (κ3) is 3.19. The van der Waals surface area contributed by atoms with Crippen molar-refractivity contribution in [2.75, 3.05) is 19.8 Å². The summed E-state index contributed by atoms with van der Waals surface area (Å²) in [6.45, 7) is 0.133. The molecule has 2 fully saturated rings. The van der Waals surface area contributed by atoms with E-state index in [1.165, 1.54) is 0 Å². The monoisotopic (exact) mass is 346 g/mol. The third-order valence-electron chi connectivity index (χ3n) is 4.12. The molecule has 0 bridgehead atoms. The molecular weight excluding hydrogens is 329 g/mol. The van der Waals surface area contributed by atoms with Gasteiger partial charge in [0.25, 0.3) is 0 Å². The Balaban J connectivity index is 1.95. The summed E-state index contributed by atoms with van der Waals surface area (Å²) in [6.07, 6.45) is 0.578. The van der Waals surface area contributed by atoms with E-state index in [1.807, 2.05) is 0 Å². The van der Waals surface area contributed by atoms with Crippen molar-refractivity contribution in [2.24, 2.45) is 11.1 Å². The number of aliphatic hydroxyl groups excluding tert-OH is 1. The molecule has 132 valence electrons. The van der Waals surface area contributed by atoms with Crippen LogP contribution in [-0.2, 0) is 9.47 Å². The second kappa shape index (κ2) is 6.96. The minimum atomic E-state index is -1.71. The van der Waals surface area contributed by atoms with Gasteiger partial charge in [-0.05, 0) is 24.8 Å². The molecule has 1 saturated heterocycles. The van der Waals surface area contributed by atoms with E-state index in [-0.39, 0.29) is 31.3 Å². The van der Waals surface area contributed by atoms with Crippen LogP contribution in [0.5, 0.6) is 0 Å². The van der Waals surface area contributed by atoms with Crippen LogP contribution in [0.25, 0.3) is 0 Å². The zero-order valence-electron chi connectivity index (χ0n) is 12.6. The summed E-state index contributed by atoms with van der Waals surface area (Å²) in [5.74, 6) is -4.86. The van der Waals surface area contributed by atoms with Gasteiger partial charge in [-0.3, -0.25) is 0 Å². The number of benzene rings is 1. The Hall–Kier alpha value is -1.84. The standard InChI is InChI=1S/C15H17F3N2O4/c16-11-8(14(20-22)19-10(6-21)7-1-2-7)5-9(12(17)13(11)18)15-23-3-4-24-15/h5,7,10,15,21-22H,1-4,6H2,(H,19,20)/t10-/m1/s1. The molecule has 1 aromatic carbocycles. The number of rotatable bonds is 5. The van der Waals surface area contributed by atoms with E-state index < -0.39 is 41.2 Å². The fourth-order valence-electron chi connectivity index (χ4n) is 2.65. The van der Waals surface area contributed by atoms with Crippen molar-refractivity contribution < 1.29 is 33.0 Å². The molecule has 2 aliphatic rings. The number of ether oxygens (including phenoxy) is 2. The summed E-state index contributed by atoms with van der Waals surface area (Å²) in [6, 6.07) is 0.512. The second-order valence-electron chi connectivity index (χ2n) is 5.75. The topological polar surface area (TPSA) is 83.3 Å². The Labute approximate surface area is 135 Å². The molecule has 6 nitrogen and oxygen atoms in total. The maximum Gasteiger partial charge on any atom is 0.195 e. The Morgan fingerprint density at radius 2 is 1.88 bits per heavy atom. The number of aliphatic hydroxyl groups is 1. The van der Waals surface area contributed by atoms with Crippen molar-refractivity contribution in [3.63, 3.8) is 0 Å². The first kappa shape index (κ1) is 17.0. The zero-order valence-corrected chi connectivity index (χ0v) is 12.6. The van der Waals surface area contributed by atoms with Gasteiger partial charge >= 0.3 is 0 Å². The molecule has 1 aliphatic carbocycles. The van der Waals surface area contributed by atoms with Crippen LogP contribution >= 0.6 is 0 Å². The van der Waals surface area contributed by atoms with Crippen LogP contribution in [0.4, 0.5) is 13.2 Å². The molecule has 0 unspecified atom stereocenters. The molecule has 24 heavy (non-hydrogen) atoms. The third-order valence-corrected chi connectivity index (χ3v) is 4.12. The normalized spacial score (nSPS) is 20.4. The minimum absolute atomic E-state index is 0.154. The highest BCUT2D eigenvalue weighted by Crippen LogP contribution is 2.33. The SMILES string of the molecule is OC[C@@H](N/C(=N\O)c1cc(C2OCCO2)c(F)c(F)c1F)C1CC1. The number of amidine groups is 1. The molecule has 1 aromatic rings. The Kier molecular flexibility index (Phi) is 4.93. The first-order chi connectivity index (χ1) is 11.6. The molecule has 0 radical (unpaired) electrons. The van der Waals surface area contributed by atoms with Crippen LogP contribution in [0.15, 0.2) is 11.2 Å². The van der Waals surface area contributed by atoms with Crippen LogP contribution in [0.3, 0.4) is 0 Å². The Morgan fingerprint density at radius 1 is 1.21 bits per heavy atom. The van der Waals surface area contributed by atoms with Gasteiger partial charge in [0.15, 0.2) is 29.6 Å². The van der Waals surface area contributed by atoms with Crippen molar-refractivity contribution in [1.29, 1.82) is 0 Å². The van der Waals surface area contributed by atoms with Gasteiger partial charge in [0.1, 0.15) is 0 Å². The van der Waals surface area contributed by atoms with Gasteiger partial charge in [0.2, 0.25) is 0 Å². The predicted molar refractivity (Wildman–Crippen MR) is 76.0 cm³/mol. The Morgan fingerprint density at radius 3 is 2.42 bits per heavy atom. The number of halogens is 3. The maximum absolute atomic E-state index is 14.1. The molecule has 3 rings (SSSR count). The van der Waals surface area contributed by atoms with Gasteiger partial charge < -0.3 is 25.1 Å². The lowest BCUT2D eigenvalue weighted by Gasteiger charge is -2.19. The molecular formula is C15H17F3N2O4. The van der Waals surface area contributed by atoms with E-state index in [0.29, 0.717) is 0 Å². The molecule has 1 aliphatic heterocycles. The van der Waals surface area contributed by atoms with Gasteiger partial charge in [0.05, 0.1) is 31.4 Å². The average molecular weight is 346 g/mol. The van der Waals surface area contributed by atoms with Gasteiger partial charge in [0, 0.05) is 5.56 Å². The van der Waals surface area contributed by atoms with E-state index in [4.69, 9.17) is 14.7 Å². The largest absolute Gasteiger partial charge is 0.409 e. The Bertz CT molecular complexity index is 646. The highest BCUT2D eigenvalue weighted by Gasteiger charge is 2.34. The first-order valence-corrected chi connectivity index (χ1v) is 7.57. The van der Waals surface area contributed by atoms with Crippen LogP contribution in [0, 0.1) is 23.4 Å². The van der Waals surface area contributed by atoms with Gasteiger partial charge in [-0.25, -0.2) is 13.2 Å². The fraction of sp³-hybridized carbons (Fsp3) is 0.533. The zero-order chi connectivity index (χ0) is 17.3. The lowest BCUT2D eigenvalue weighted by Crippen LogP contribution is -2.40. The summed E-state index contributed by atoms with van der Waals surface area (Å²) in [7, 11) is 0. The minimum Gasteiger partial charge on any atom is -0.409 e. The van der Waals surface area contributed by atoms with E-state index in [1.54, 1.807) is 0 Å². The number of nitrogens with one attached hydrogen (secondary N) is 1. The van der Waals surface area contributed by atoms with Gasteiger partial charge in [-0.1, -0.05) is 5.16 Å². The molecule has 0 aromatic heterocycles. The highest BCUT2D eigenvalue weighted by atomic mass is 19.2. The molecule has 0 spiro atoms. The summed E-state index contributed by atoms with van der Waals surface area (Å²) >= 11 is 0. The molecule has 9 heteroatoms. The number of hydrogen-bond donors (Lipinski definition) is 3. The van der Waals surface area contributed by atoms with Crippen molar-refractivity contribution in [3.05, 3.63) is 34.6 Å². The number of oxime groups is 1. The molecule has 1 saturated carbocycles. The average Bonchev–Trinajstić information content (AvgIpc) is 3.29. The van der Waals surface area contributed by atoms with E-state index in [9.17, 15) is 18.3 Å². The molecule has 3 N–H and O–H groups in total. The second-order valence-corrected chi connectivity index (χ2v) is 5.75. The van der Waals surface area contributed by atoms with Crippen LogP contribution in [0.1, 0.15) is 30.3 Å². The molecule has 0 amide bonds. The summed E-state index contributed by atoms with van der Waals surface area (Å²) in [5.41, 5.74) is -0.791. The molecule has 1 heterocycles. The number of hydrogen-bond acceptors (Lipinski definition) is 5. The lowest BCUT2D eigenvalue weighted by atomic mass is 10.1. The fourth-order valence-corrected chi connectivity index (χ4v) is 2.65. The summed E-state index contributed by atoms with van der Waals surface area (Å²) in [5, 5.41) is 24.1.